The summed E-state index contributed by atoms with van der Waals surface area (Å²) in [5.74, 6) is -6.78. The number of rotatable bonds is 2. The highest BCUT2D eigenvalue weighted by molar-refractivity contribution is 6.12. The molecular formula is C13H10F4N2O. The number of hydrogen-bond acceptors (Lipinski definition) is 3. The molecular weight excluding hydrogens is 276 g/mol. The van der Waals surface area contributed by atoms with E-state index in [2.05, 4.69) is 0 Å². The molecule has 1 atom stereocenters. The van der Waals surface area contributed by atoms with E-state index in [4.69, 9.17) is 11.5 Å². The van der Waals surface area contributed by atoms with Crippen molar-refractivity contribution in [1.82, 2.24) is 0 Å². The summed E-state index contributed by atoms with van der Waals surface area (Å²) in [6.45, 7) is 0. The lowest BCUT2D eigenvalue weighted by Crippen LogP contribution is -2.60. The zero-order chi connectivity index (χ0) is 15.1. The normalized spacial score (nSPS) is 22.2. The van der Waals surface area contributed by atoms with Gasteiger partial charge in [-0.2, -0.15) is 0 Å². The Labute approximate surface area is 111 Å². The molecule has 1 aliphatic rings. The summed E-state index contributed by atoms with van der Waals surface area (Å²) in [4.78, 5) is 11.9. The molecule has 0 aliphatic heterocycles. The monoisotopic (exact) mass is 286 g/mol. The molecule has 0 radical (unpaired) electrons. The zero-order valence-electron chi connectivity index (χ0n) is 10.0. The Morgan fingerprint density at radius 3 is 2.20 bits per heavy atom. The van der Waals surface area contributed by atoms with Crippen LogP contribution in [0.4, 0.5) is 17.6 Å². The van der Waals surface area contributed by atoms with Crippen molar-refractivity contribution in [2.24, 2.45) is 11.5 Å². The number of carbonyl (C=O) groups excluding carboxylic acids is 1. The molecule has 106 valence electrons. The zero-order valence-corrected chi connectivity index (χ0v) is 10.0. The molecule has 20 heavy (non-hydrogen) atoms. The second-order valence-corrected chi connectivity index (χ2v) is 4.34. The molecule has 0 heterocycles. The van der Waals surface area contributed by atoms with E-state index in [1.165, 1.54) is 24.3 Å². The Balaban J connectivity index is 2.57. The van der Waals surface area contributed by atoms with Gasteiger partial charge < -0.3 is 11.5 Å². The molecule has 1 aromatic carbocycles. The molecule has 0 saturated heterocycles. The highest BCUT2D eigenvalue weighted by atomic mass is 19.2. The van der Waals surface area contributed by atoms with Crippen molar-refractivity contribution in [2.75, 3.05) is 0 Å². The van der Waals surface area contributed by atoms with E-state index in [0.717, 1.165) is 0 Å². The number of allylic oxidation sites excluding steroid dienone is 2. The number of halogens is 4. The Hall–Kier alpha value is -1.99. The van der Waals surface area contributed by atoms with Crippen molar-refractivity contribution < 1.29 is 22.4 Å². The lowest BCUT2D eigenvalue weighted by molar-refractivity contribution is 0.101. The van der Waals surface area contributed by atoms with E-state index >= 15 is 0 Å². The van der Waals surface area contributed by atoms with Gasteiger partial charge in [0.05, 0.1) is 5.57 Å². The van der Waals surface area contributed by atoms with Gasteiger partial charge in [0, 0.05) is 5.56 Å². The largest absolute Gasteiger partial charge is 0.305 e. The molecule has 1 aliphatic carbocycles. The van der Waals surface area contributed by atoms with Gasteiger partial charge >= 0.3 is 0 Å². The molecule has 7 heteroatoms. The fraction of sp³-hybridized carbons (Fsp3) is 0.154. The van der Waals surface area contributed by atoms with Crippen molar-refractivity contribution in [3.63, 3.8) is 0 Å². The Bertz CT molecular complexity index is 623. The molecule has 1 aromatic rings. The van der Waals surface area contributed by atoms with Gasteiger partial charge in [0.15, 0.2) is 35.1 Å². The van der Waals surface area contributed by atoms with Crippen LogP contribution in [-0.2, 0) is 0 Å². The molecule has 4 N–H and O–H groups in total. The van der Waals surface area contributed by atoms with E-state index in [1.807, 2.05) is 0 Å². The predicted molar refractivity (Wildman–Crippen MR) is 64.2 cm³/mol. The van der Waals surface area contributed by atoms with Crippen molar-refractivity contribution in [3.8, 4) is 0 Å². The maximum absolute atomic E-state index is 13.8. The second kappa shape index (κ2) is 4.84. The fourth-order valence-corrected chi connectivity index (χ4v) is 1.79. The van der Waals surface area contributed by atoms with Crippen molar-refractivity contribution >= 4 is 5.78 Å². The molecule has 0 amide bonds. The standard InChI is InChI=1S/C13H10F4N2O/c14-8-7(10(20)6-4-2-1-3-5-6)9(15)12(17)13(18,19)11(8)16/h1-5,11H,18-19H2. The predicted octanol–water partition coefficient (Wildman–Crippen LogP) is 2.21. The van der Waals surface area contributed by atoms with Crippen LogP contribution in [0.2, 0.25) is 0 Å². The number of hydrogen-bond donors (Lipinski definition) is 2. The average Bonchev–Trinajstić information content (AvgIpc) is 2.44. The highest BCUT2D eigenvalue weighted by Gasteiger charge is 2.49. The molecule has 0 aromatic heterocycles. The van der Waals surface area contributed by atoms with Gasteiger partial charge in [-0.1, -0.05) is 30.3 Å². The minimum Gasteiger partial charge on any atom is -0.305 e. The van der Waals surface area contributed by atoms with Gasteiger partial charge in [-0.3, -0.25) is 4.79 Å². The van der Waals surface area contributed by atoms with Crippen molar-refractivity contribution in [3.05, 3.63) is 58.9 Å². The number of carbonyl (C=O) groups is 1. The van der Waals surface area contributed by atoms with Crippen LogP contribution in [0, 0.1) is 0 Å². The summed E-state index contributed by atoms with van der Waals surface area (Å²) in [5.41, 5.74) is 5.58. The molecule has 1 unspecified atom stereocenters. The Morgan fingerprint density at radius 2 is 1.65 bits per heavy atom. The van der Waals surface area contributed by atoms with Crippen LogP contribution in [0.25, 0.3) is 0 Å². The van der Waals surface area contributed by atoms with Gasteiger partial charge in [-0.15, -0.1) is 0 Å². The summed E-state index contributed by atoms with van der Waals surface area (Å²) >= 11 is 0. The molecule has 0 fully saturated rings. The first kappa shape index (κ1) is 14.4. The third-order valence-electron chi connectivity index (χ3n) is 2.94. The van der Waals surface area contributed by atoms with E-state index in [9.17, 15) is 22.4 Å². The fourth-order valence-electron chi connectivity index (χ4n) is 1.79. The van der Waals surface area contributed by atoms with E-state index < -0.39 is 40.7 Å². The number of benzene rings is 1. The van der Waals surface area contributed by atoms with Crippen LogP contribution in [-0.4, -0.2) is 17.6 Å². The summed E-state index contributed by atoms with van der Waals surface area (Å²) in [6.07, 6.45) is -2.84. The van der Waals surface area contributed by atoms with Crippen LogP contribution in [0.15, 0.2) is 53.4 Å². The van der Waals surface area contributed by atoms with Crippen LogP contribution in [0.3, 0.4) is 0 Å². The van der Waals surface area contributed by atoms with Crippen molar-refractivity contribution in [2.45, 2.75) is 11.8 Å². The maximum atomic E-state index is 13.8. The highest BCUT2D eigenvalue weighted by Crippen LogP contribution is 2.38. The van der Waals surface area contributed by atoms with E-state index in [1.54, 1.807) is 6.07 Å². The topological polar surface area (TPSA) is 69.1 Å². The molecule has 0 saturated carbocycles. The van der Waals surface area contributed by atoms with Gasteiger partial charge in [0.2, 0.25) is 0 Å². The van der Waals surface area contributed by atoms with Crippen LogP contribution < -0.4 is 11.5 Å². The number of alkyl halides is 1. The second-order valence-electron chi connectivity index (χ2n) is 4.34. The third kappa shape index (κ3) is 2.04. The van der Waals surface area contributed by atoms with E-state index in [-0.39, 0.29) is 5.56 Å². The number of Topliss-reactive ketones (excluding diaryl/α,β-unsaturated/α-hetero) is 1. The van der Waals surface area contributed by atoms with Gasteiger partial charge in [0.1, 0.15) is 0 Å². The van der Waals surface area contributed by atoms with Gasteiger partial charge in [0.25, 0.3) is 0 Å². The van der Waals surface area contributed by atoms with Gasteiger partial charge in [-0.05, 0) is 0 Å². The average molecular weight is 286 g/mol. The Kier molecular flexibility index (Phi) is 3.49. The SMILES string of the molecule is NC1(N)C(F)=C(F)C(C(=O)c2ccccc2)=C(F)C1F. The van der Waals surface area contributed by atoms with Crippen LogP contribution >= 0.6 is 0 Å². The molecule has 2 rings (SSSR count). The molecule has 0 spiro atoms. The molecule has 0 bridgehead atoms. The third-order valence-corrected chi connectivity index (χ3v) is 2.94. The summed E-state index contributed by atoms with van der Waals surface area (Å²) in [5, 5.41) is 0. The lowest BCUT2D eigenvalue weighted by atomic mass is 9.89. The maximum Gasteiger partial charge on any atom is 0.198 e. The first-order valence-electron chi connectivity index (χ1n) is 5.55. The molecule has 3 nitrogen and oxygen atoms in total. The first-order valence-corrected chi connectivity index (χ1v) is 5.55. The summed E-state index contributed by atoms with van der Waals surface area (Å²) in [6, 6.07) is 6.96. The van der Waals surface area contributed by atoms with Crippen LogP contribution in [0.5, 0.6) is 0 Å². The summed E-state index contributed by atoms with van der Waals surface area (Å²) < 4.78 is 54.7. The number of ketones is 1. The smallest absolute Gasteiger partial charge is 0.198 e. The Morgan fingerprint density at radius 1 is 1.10 bits per heavy atom. The van der Waals surface area contributed by atoms with E-state index in [0.29, 0.717) is 0 Å². The number of nitrogens with two attached hydrogens (primary N) is 2. The summed E-state index contributed by atoms with van der Waals surface area (Å²) in [7, 11) is 0. The van der Waals surface area contributed by atoms with Crippen molar-refractivity contribution in [1.29, 1.82) is 0 Å². The minimum atomic E-state index is -2.96. The minimum absolute atomic E-state index is 0.116. The quantitative estimate of drug-likeness (QED) is 0.497. The first-order chi connectivity index (χ1) is 9.28. The van der Waals surface area contributed by atoms with Gasteiger partial charge in [-0.25, -0.2) is 17.6 Å². The lowest BCUT2D eigenvalue weighted by Gasteiger charge is -2.30. The van der Waals surface area contributed by atoms with Crippen LogP contribution in [0.1, 0.15) is 10.4 Å².